The van der Waals surface area contributed by atoms with Crippen LogP contribution in [0.1, 0.15) is 27.2 Å². The van der Waals surface area contributed by atoms with E-state index >= 15 is 0 Å². The van der Waals surface area contributed by atoms with Crippen molar-refractivity contribution >= 4 is 17.5 Å². The summed E-state index contributed by atoms with van der Waals surface area (Å²) in [4.78, 5) is 28.8. The van der Waals surface area contributed by atoms with Crippen molar-refractivity contribution in [1.82, 2.24) is 10.4 Å². The van der Waals surface area contributed by atoms with Crippen molar-refractivity contribution in [2.45, 2.75) is 39.3 Å². The largest absolute Gasteiger partial charge is 0.493 e. The zero-order chi connectivity index (χ0) is 22.4. The molecule has 3 atom stereocenters. The van der Waals surface area contributed by atoms with Crippen molar-refractivity contribution in [1.29, 1.82) is 0 Å². The molecule has 0 radical (unpaired) electrons. The lowest BCUT2D eigenvalue weighted by molar-refractivity contribution is -0.152. The average molecular weight is 424 g/mol. The van der Waals surface area contributed by atoms with Crippen LogP contribution in [0.3, 0.4) is 0 Å². The molecule has 0 aromatic heterocycles. The van der Waals surface area contributed by atoms with Gasteiger partial charge in [-0.05, 0) is 31.4 Å². The lowest BCUT2D eigenvalue weighted by Crippen LogP contribution is -2.57. The lowest BCUT2D eigenvalue weighted by Gasteiger charge is -2.42. The van der Waals surface area contributed by atoms with E-state index < -0.39 is 17.9 Å². The first-order valence-corrected chi connectivity index (χ1v) is 10.1. The van der Waals surface area contributed by atoms with Crippen LogP contribution in [0.4, 0.5) is 5.69 Å². The average Bonchev–Trinajstić information content (AvgIpc) is 2.75. The van der Waals surface area contributed by atoms with Crippen molar-refractivity contribution in [2.75, 3.05) is 38.8 Å². The highest BCUT2D eigenvalue weighted by atomic mass is 16.5. The summed E-state index contributed by atoms with van der Waals surface area (Å²) >= 11 is 0. The fraction of sp³-hybridized carbons (Fsp3) is 0.619. The predicted octanol–water partition coefficient (Wildman–Crippen LogP) is 1.27. The maximum absolute atomic E-state index is 13.2. The number of benzene rings is 1. The highest BCUT2D eigenvalue weighted by Crippen LogP contribution is 2.32. The van der Waals surface area contributed by atoms with Crippen LogP contribution in [-0.2, 0) is 9.59 Å². The van der Waals surface area contributed by atoms with Crippen LogP contribution in [-0.4, -0.2) is 73.0 Å². The van der Waals surface area contributed by atoms with Gasteiger partial charge in [0.1, 0.15) is 6.10 Å². The molecule has 1 unspecified atom stereocenters. The van der Waals surface area contributed by atoms with Crippen LogP contribution in [0.2, 0.25) is 0 Å². The van der Waals surface area contributed by atoms with Crippen LogP contribution >= 0.6 is 0 Å². The van der Waals surface area contributed by atoms with E-state index in [1.165, 1.54) is 5.48 Å². The highest BCUT2D eigenvalue weighted by molar-refractivity contribution is 5.89. The number of hydrogen-bond acceptors (Lipinski definition) is 7. The monoisotopic (exact) mass is 423 g/mol. The third-order valence-corrected chi connectivity index (χ3v) is 5.45. The summed E-state index contributed by atoms with van der Waals surface area (Å²) in [5.74, 6) is -0.771. The van der Waals surface area contributed by atoms with Gasteiger partial charge in [-0.3, -0.25) is 14.8 Å². The molecule has 1 heterocycles. The fourth-order valence-electron chi connectivity index (χ4n) is 3.88. The number of nitrogens with one attached hydrogen (secondary N) is 1. The van der Waals surface area contributed by atoms with Gasteiger partial charge in [0.25, 0.3) is 5.91 Å². The van der Waals surface area contributed by atoms with Gasteiger partial charge >= 0.3 is 0 Å². The first kappa shape index (κ1) is 23.8. The molecule has 1 aliphatic rings. The standard InChI is InChI=1S/C21H33N3O6/c1-13(2)10-16(19(25)20(26)22-28)21(27)24-9-8-23(12-14(24)3)15-6-7-17(29-4)18(11-15)30-5/h6-7,11,13-14,16,19,25,28H,8-10,12H2,1-5H3,(H,22,26)/t14?,16-,19-/m0/s1. The first-order chi connectivity index (χ1) is 14.2. The molecular formula is C21H33N3O6. The molecule has 1 fully saturated rings. The number of aliphatic hydroxyl groups is 1. The summed E-state index contributed by atoms with van der Waals surface area (Å²) in [6, 6.07) is 5.57. The Labute approximate surface area is 177 Å². The van der Waals surface area contributed by atoms with Gasteiger partial charge in [-0.25, -0.2) is 5.48 Å². The van der Waals surface area contributed by atoms with Crippen molar-refractivity contribution in [3.63, 3.8) is 0 Å². The number of anilines is 1. The quantitative estimate of drug-likeness (QED) is 0.426. The van der Waals surface area contributed by atoms with Crippen LogP contribution in [0.5, 0.6) is 11.5 Å². The molecule has 2 rings (SSSR count). The molecule has 0 aliphatic carbocycles. The van der Waals surface area contributed by atoms with Gasteiger partial charge in [0.15, 0.2) is 11.5 Å². The third kappa shape index (κ3) is 5.34. The number of amides is 2. The maximum atomic E-state index is 13.2. The number of hydroxylamine groups is 1. The normalized spacial score (nSPS) is 18.7. The van der Waals surface area contributed by atoms with Gasteiger partial charge in [-0.2, -0.15) is 0 Å². The van der Waals surface area contributed by atoms with E-state index in [0.29, 0.717) is 37.6 Å². The number of carbonyl (C=O) groups excluding carboxylic acids is 2. The summed E-state index contributed by atoms with van der Waals surface area (Å²) in [6.45, 7) is 7.43. The molecule has 1 aromatic carbocycles. The molecule has 1 aromatic rings. The molecule has 30 heavy (non-hydrogen) atoms. The zero-order valence-corrected chi connectivity index (χ0v) is 18.3. The number of aliphatic hydroxyl groups excluding tert-OH is 1. The number of carbonyl (C=O) groups is 2. The summed E-state index contributed by atoms with van der Waals surface area (Å²) < 4.78 is 10.7. The Hall–Kier alpha value is -2.52. The summed E-state index contributed by atoms with van der Waals surface area (Å²) in [6.07, 6.45) is -1.25. The van der Waals surface area contributed by atoms with Gasteiger partial charge < -0.3 is 24.4 Å². The van der Waals surface area contributed by atoms with Crippen LogP contribution in [0.25, 0.3) is 0 Å². The molecule has 3 N–H and O–H groups in total. The Morgan fingerprint density at radius 2 is 1.87 bits per heavy atom. The van der Waals surface area contributed by atoms with Crippen molar-refractivity contribution < 1.29 is 29.4 Å². The van der Waals surface area contributed by atoms with E-state index in [1.807, 2.05) is 39.0 Å². The summed E-state index contributed by atoms with van der Waals surface area (Å²) in [5.41, 5.74) is 2.41. The highest BCUT2D eigenvalue weighted by Gasteiger charge is 2.38. The van der Waals surface area contributed by atoms with Gasteiger partial charge in [0.2, 0.25) is 5.91 Å². The van der Waals surface area contributed by atoms with E-state index in [-0.39, 0.29) is 17.9 Å². The van der Waals surface area contributed by atoms with Gasteiger partial charge in [-0.1, -0.05) is 13.8 Å². The molecule has 1 saturated heterocycles. The van der Waals surface area contributed by atoms with E-state index in [4.69, 9.17) is 14.7 Å². The van der Waals surface area contributed by atoms with E-state index in [1.54, 1.807) is 19.1 Å². The minimum Gasteiger partial charge on any atom is -0.493 e. The number of hydrogen-bond donors (Lipinski definition) is 3. The van der Waals surface area contributed by atoms with Crippen LogP contribution in [0.15, 0.2) is 18.2 Å². The third-order valence-electron chi connectivity index (χ3n) is 5.45. The Bertz CT molecular complexity index is 741. The van der Waals surface area contributed by atoms with E-state index in [0.717, 1.165) is 5.69 Å². The Balaban J connectivity index is 2.14. The van der Waals surface area contributed by atoms with Gasteiger partial charge in [0, 0.05) is 37.4 Å². The molecule has 2 amide bonds. The first-order valence-electron chi connectivity index (χ1n) is 10.1. The summed E-state index contributed by atoms with van der Waals surface area (Å²) in [7, 11) is 3.17. The topological polar surface area (TPSA) is 112 Å². The molecule has 0 saturated carbocycles. The predicted molar refractivity (Wildman–Crippen MR) is 112 cm³/mol. The molecule has 0 spiro atoms. The molecule has 9 heteroatoms. The molecule has 1 aliphatic heterocycles. The number of methoxy groups -OCH3 is 2. The molecular weight excluding hydrogens is 390 g/mol. The summed E-state index contributed by atoms with van der Waals surface area (Å²) in [5, 5.41) is 19.2. The number of ether oxygens (including phenoxy) is 2. The number of rotatable bonds is 8. The molecule has 168 valence electrons. The Morgan fingerprint density at radius 1 is 1.20 bits per heavy atom. The second-order valence-corrected chi connectivity index (χ2v) is 8.02. The van der Waals surface area contributed by atoms with Crippen LogP contribution in [0, 0.1) is 11.8 Å². The van der Waals surface area contributed by atoms with Crippen molar-refractivity contribution in [3.8, 4) is 11.5 Å². The fourth-order valence-corrected chi connectivity index (χ4v) is 3.88. The lowest BCUT2D eigenvalue weighted by atomic mass is 9.89. The second-order valence-electron chi connectivity index (χ2n) is 8.02. The van der Waals surface area contributed by atoms with E-state index in [9.17, 15) is 14.7 Å². The molecule has 9 nitrogen and oxygen atoms in total. The number of nitrogens with zero attached hydrogens (tertiary/aromatic N) is 2. The Morgan fingerprint density at radius 3 is 2.40 bits per heavy atom. The smallest absolute Gasteiger partial charge is 0.272 e. The molecule has 0 bridgehead atoms. The minimum atomic E-state index is -1.60. The van der Waals surface area contributed by atoms with Gasteiger partial charge in [0.05, 0.1) is 20.1 Å². The van der Waals surface area contributed by atoms with Crippen molar-refractivity contribution in [2.24, 2.45) is 11.8 Å². The maximum Gasteiger partial charge on any atom is 0.272 e. The van der Waals surface area contributed by atoms with Gasteiger partial charge in [-0.15, -0.1) is 0 Å². The number of piperazine rings is 1. The Kier molecular flexibility index (Phi) is 8.31. The van der Waals surface area contributed by atoms with Crippen LogP contribution < -0.4 is 19.9 Å². The second kappa shape index (κ2) is 10.5. The van der Waals surface area contributed by atoms with E-state index in [2.05, 4.69) is 4.90 Å². The zero-order valence-electron chi connectivity index (χ0n) is 18.3. The van der Waals surface area contributed by atoms with Crippen molar-refractivity contribution in [3.05, 3.63) is 18.2 Å². The minimum absolute atomic E-state index is 0.100. The SMILES string of the molecule is COc1ccc(N2CCN(C(=O)[C@@H](CC(C)C)[C@H](O)C(=O)NO)C(C)C2)cc1OC.